The van der Waals surface area contributed by atoms with E-state index in [4.69, 9.17) is 23.7 Å². The summed E-state index contributed by atoms with van der Waals surface area (Å²) in [6.07, 6.45) is 6.92. The molecule has 2 N–H and O–H groups in total. The van der Waals surface area contributed by atoms with Gasteiger partial charge < -0.3 is 33.9 Å². The Hall–Kier alpha value is -2.30. The summed E-state index contributed by atoms with van der Waals surface area (Å²) in [6, 6.07) is 0. The van der Waals surface area contributed by atoms with E-state index in [9.17, 15) is 19.8 Å². The topological polar surface area (TPSA) is 124 Å². The van der Waals surface area contributed by atoms with E-state index in [-0.39, 0.29) is 6.61 Å². The first-order valence-corrected chi connectivity index (χ1v) is 13.4. The van der Waals surface area contributed by atoms with Crippen LogP contribution in [0.1, 0.15) is 47.0 Å². The predicted molar refractivity (Wildman–Crippen MR) is 136 cm³/mol. The van der Waals surface area contributed by atoms with Gasteiger partial charge in [-0.3, -0.25) is 0 Å². The van der Waals surface area contributed by atoms with Crippen molar-refractivity contribution >= 4 is 11.9 Å². The maximum Gasteiger partial charge on any atom is 0.331 e. The number of cyclic esters (lactones) is 1. The Bertz CT molecular complexity index is 1080. The fraction of sp³-hybridized carbons (Fsp3) is 0.655. The number of carbonyl (C=O) groups is 2. The number of hydrogen-bond acceptors (Lipinski definition) is 9. The molecule has 1 unspecified atom stereocenters. The molecular formula is C29H38O9. The van der Waals surface area contributed by atoms with E-state index in [1.54, 1.807) is 19.1 Å². The first-order valence-electron chi connectivity index (χ1n) is 13.4. The zero-order valence-electron chi connectivity index (χ0n) is 22.4. The molecule has 3 heterocycles. The largest absolute Gasteiger partial charge is 0.462 e. The van der Waals surface area contributed by atoms with Crippen LogP contribution in [0.2, 0.25) is 0 Å². The highest BCUT2D eigenvalue weighted by molar-refractivity contribution is 5.83. The van der Waals surface area contributed by atoms with E-state index in [2.05, 4.69) is 0 Å². The van der Waals surface area contributed by atoms with E-state index in [0.29, 0.717) is 26.1 Å². The summed E-state index contributed by atoms with van der Waals surface area (Å²) < 4.78 is 30.1. The third-order valence-electron chi connectivity index (χ3n) is 9.26. The molecule has 2 bridgehead atoms. The molecule has 9 atom stereocenters. The van der Waals surface area contributed by atoms with E-state index in [0.717, 1.165) is 17.6 Å². The molecule has 2 saturated heterocycles. The molecule has 0 amide bonds. The van der Waals surface area contributed by atoms with Crippen LogP contribution >= 0.6 is 0 Å². The van der Waals surface area contributed by atoms with Crippen molar-refractivity contribution < 1.29 is 43.5 Å². The lowest BCUT2D eigenvalue weighted by molar-refractivity contribution is -0.232. The third kappa shape index (κ3) is 4.29. The van der Waals surface area contributed by atoms with Crippen molar-refractivity contribution in [2.24, 2.45) is 10.8 Å². The number of carbonyl (C=O) groups excluding carboxylic acids is 2. The minimum Gasteiger partial charge on any atom is -0.462 e. The molecule has 1 saturated carbocycles. The molecule has 5 rings (SSSR count). The van der Waals surface area contributed by atoms with Gasteiger partial charge in [-0.15, -0.1) is 0 Å². The summed E-state index contributed by atoms with van der Waals surface area (Å²) in [5, 5.41) is 21.5. The van der Waals surface area contributed by atoms with Gasteiger partial charge in [0.15, 0.2) is 0 Å². The van der Waals surface area contributed by atoms with Crippen molar-refractivity contribution in [2.45, 2.75) is 89.2 Å². The van der Waals surface area contributed by atoms with Crippen LogP contribution in [-0.2, 0) is 33.3 Å². The molecule has 0 aromatic heterocycles. The summed E-state index contributed by atoms with van der Waals surface area (Å²) in [5.41, 5.74) is -0.543. The number of aliphatic hydroxyl groups is 2. The van der Waals surface area contributed by atoms with E-state index in [1.165, 1.54) is 18.2 Å². The van der Waals surface area contributed by atoms with Crippen LogP contribution in [0.5, 0.6) is 0 Å². The van der Waals surface area contributed by atoms with Crippen molar-refractivity contribution in [1.29, 1.82) is 0 Å². The van der Waals surface area contributed by atoms with Gasteiger partial charge >= 0.3 is 11.9 Å². The second-order valence-corrected chi connectivity index (χ2v) is 11.5. The lowest BCUT2D eigenvalue weighted by Crippen LogP contribution is -2.66. The fourth-order valence-corrected chi connectivity index (χ4v) is 6.89. The third-order valence-corrected chi connectivity index (χ3v) is 9.26. The van der Waals surface area contributed by atoms with Crippen LogP contribution in [0.3, 0.4) is 0 Å². The van der Waals surface area contributed by atoms with Gasteiger partial charge in [-0.1, -0.05) is 42.4 Å². The van der Waals surface area contributed by atoms with Gasteiger partial charge in [-0.25, -0.2) is 9.59 Å². The Kier molecular flexibility index (Phi) is 7.19. The van der Waals surface area contributed by atoms with E-state index < -0.39 is 65.0 Å². The molecule has 0 radical (unpaired) electrons. The van der Waals surface area contributed by atoms with Gasteiger partial charge in [0.05, 0.1) is 30.8 Å². The normalized spacial score (nSPS) is 47.3. The smallest absolute Gasteiger partial charge is 0.331 e. The number of hydrogen-bond donors (Lipinski definition) is 2. The van der Waals surface area contributed by atoms with Gasteiger partial charge in [0.2, 0.25) is 0 Å². The molecule has 0 aromatic carbocycles. The number of esters is 2. The molecule has 9 nitrogen and oxygen atoms in total. The molecule has 3 aliphatic heterocycles. The summed E-state index contributed by atoms with van der Waals surface area (Å²) in [4.78, 5) is 25.9. The first-order chi connectivity index (χ1) is 18.0. The zero-order valence-corrected chi connectivity index (χ0v) is 22.4. The van der Waals surface area contributed by atoms with Gasteiger partial charge in [-0.05, 0) is 40.0 Å². The average Bonchev–Trinajstić information content (AvgIpc) is 3.64. The molecule has 3 fully saturated rings. The quantitative estimate of drug-likeness (QED) is 0.299. The molecule has 2 spiro atoms. The number of ether oxygens (including phenoxy) is 5. The maximum absolute atomic E-state index is 13.0. The van der Waals surface area contributed by atoms with E-state index >= 15 is 0 Å². The average molecular weight is 531 g/mol. The lowest BCUT2D eigenvalue weighted by Gasteiger charge is -2.58. The van der Waals surface area contributed by atoms with Crippen molar-refractivity contribution in [3.8, 4) is 0 Å². The van der Waals surface area contributed by atoms with Crippen LogP contribution < -0.4 is 0 Å². The minimum absolute atomic E-state index is 0.0261. The molecular weight excluding hydrogens is 492 g/mol. The van der Waals surface area contributed by atoms with Crippen molar-refractivity contribution in [3.63, 3.8) is 0 Å². The number of epoxide rings is 1. The van der Waals surface area contributed by atoms with Crippen molar-refractivity contribution in [1.82, 2.24) is 0 Å². The molecule has 9 heteroatoms. The monoisotopic (exact) mass is 530 g/mol. The zero-order chi connectivity index (χ0) is 27.3. The van der Waals surface area contributed by atoms with Gasteiger partial charge in [-0.2, -0.15) is 0 Å². The van der Waals surface area contributed by atoms with Gasteiger partial charge in [0.1, 0.15) is 36.6 Å². The standard InChI is InChI=1S/C29H38O9/c1-17-9-11-28-15-35-23(32)14-18(2)10-12-34-20(19(3)30)7-5-6-8-22(31)38-25-24(33)26(37-21(28)13-17)29(16-36-29)27(25,28)4/h5-8,13-14,19-21,24-26,30,33H,9-12,15-16H2,1-4H3/b7-5-,8-6-,18-14-/t19-,20-,21-,24?,25-,26-,27-,28-,29-/m1/s1. The molecule has 2 aliphatic carbocycles. The second kappa shape index (κ2) is 10.0. The highest BCUT2D eigenvalue weighted by atomic mass is 16.7. The fourth-order valence-electron chi connectivity index (χ4n) is 6.89. The number of allylic oxidation sites excluding steroid dienone is 3. The Morgan fingerprint density at radius 1 is 1.05 bits per heavy atom. The molecule has 0 aromatic rings. The Morgan fingerprint density at radius 3 is 2.53 bits per heavy atom. The van der Waals surface area contributed by atoms with Crippen molar-refractivity contribution in [2.75, 3.05) is 19.8 Å². The summed E-state index contributed by atoms with van der Waals surface area (Å²) >= 11 is 0. The summed E-state index contributed by atoms with van der Waals surface area (Å²) in [7, 11) is 0. The van der Waals surface area contributed by atoms with Crippen LogP contribution in [0, 0.1) is 10.8 Å². The predicted octanol–water partition coefficient (Wildman–Crippen LogP) is 2.31. The second-order valence-electron chi connectivity index (χ2n) is 11.5. The van der Waals surface area contributed by atoms with Crippen molar-refractivity contribution in [3.05, 3.63) is 47.6 Å². The van der Waals surface area contributed by atoms with Gasteiger partial charge in [0.25, 0.3) is 0 Å². The highest BCUT2D eigenvalue weighted by Gasteiger charge is 2.85. The Morgan fingerprint density at radius 2 is 1.82 bits per heavy atom. The van der Waals surface area contributed by atoms with Crippen LogP contribution in [0.25, 0.3) is 0 Å². The van der Waals surface area contributed by atoms with Crippen LogP contribution in [0.15, 0.2) is 47.6 Å². The number of rotatable bonds is 1. The van der Waals surface area contributed by atoms with E-state index in [1.807, 2.05) is 26.8 Å². The maximum atomic E-state index is 13.0. The lowest BCUT2D eigenvalue weighted by atomic mass is 9.51. The SMILES string of the molecule is CC1=C[C@H]2O[C@@H]3C(O)[C@H]4OC(=O)/C=C\C=C/[C@H]([C@@H](C)O)OCC/C(C)=C\C(=O)OC[C@@]2(CC1)[C@]4(C)[C@@]31CO1. The first kappa shape index (κ1) is 27.3. The summed E-state index contributed by atoms with van der Waals surface area (Å²) in [6.45, 7) is 8.14. The number of aliphatic hydroxyl groups excluding tert-OH is 2. The van der Waals surface area contributed by atoms with Crippen LogP contribution in [0.4, 0.5) is 0 Å². The van der Waals surface area contributed by atoms with Crippen LogP contribution in [-0.4, -0.2) is 84.2 Å². The molecule has 38 heavy (non-hydrogen) atoms. The Balaban J connectivity index is 1.54. The minimum atomic E-state index is -1.11. The van der Waals surface area contributed by atoms with Gasteiger partial charge in [0, 0.05) is 17.6 Å². The highest BCUT2D eigenvalue weighted by Crippen LogP contribution is 2.72. The summed E-state index contributed by atoms with van der Waals surface area (Å²) in [5.74, 6) is -1.11. The molecule has 208 valence electrons. The molecule has 5 aliphatic rings. The Labute approximate surface area is 223 Å².